The van der Waals surface area contributed by atoms with E-state index in [1.54, 1.807) is 12.1 Å². The Morgan fingerprint density at radius 1 is 1.38 bits per heavy atom. The topological polar surface area (TPSA) is 9.23 Å². The van der Waals surface area contributed by atoms with Gasteiger partial charge in [-0.05, 0) is 12.1 Å². The zero-order valence-corrected chi connectivity index (χ0v) is 9.61. The molecule has 0 bridgehead atoms. The minimum atomic E-state index is -2.79. The average molecular weight is 316 g/mol. The van der Waals surface area contributed by atoms with Crippen molar-refractivity contribution >= 4 is 31.9 Å². The number of benzene rings is 1. The molecule has 1 aromatic carbocycles. The number of alkyl halides is 3. The van der Waals surface area contributed by atoms with Gasteiger partial charge in [-0.2, -0.15) is 8.78 Å². The van der Waals surface area contributed by atoms with Gasteiger partial charge in [0, 0.05) is 15.4 Å². The smallest absolute Gasteiger partial charge is 0.387 e. The molecule has 13 heavy (non-hydrogen) atoms. The van der Waals surface area contributed by atoms with Gasteiger partial charge in [0.15, 0.2) is 0 Å². The van der Waals surface area contributed by atoms with Crippen LogP contribution in [0.15, 0.2) is 22.7 Å². The van der Waals surface area contributed by atoms with Crippen molar-refractivity contribution in [1.29, 1.82) is 0 Å². The summed E-state index contributed by atoms with van der Waals surface area (Å²) in [6, 6.07) is 5.01. The predicted molar refractivity (Wildman–Crippen MR) is 53.4 cm³/mol. The van der Waals surface area contributed by atoms with E-state index < -0.39 is 6.61 Å². The van der Waals surface area contributed by atoms with Crippen LogP contribution in [0.1, 0.15) is 5.56 Å². The molecule has 0 spiro atoms. The van der Waals surface area contributed by atoms with Gasteiger partial charge in [-0.15, -0.1) is 0 Å². The first-order chi connectivity index (χ1) is 6.13. The number of ether oxygens (including phenoxy) is 1. The minimum Gasteiger partial charge on any atom is -0.434 e. The molecule has 0 radical (unpaired) electrons. The third-order valence-corrected chi connectivity index (χ3v) is 2.49. The van der Waals surface area contributed by atoms with Gasteiger partial charge in [-0.25, -0.2) is 0 Å². The monoisotopic (exact) mass is 314 g/mol. The third-order valence-electron chi connectivity index (χ3n) is 1.39. The van der Waals surface area contributed by atoms with Gasteiger partial charge < -0.3 is 4.74 Å². The third kappa shape index (κ3) is 3.23. The maximum atomic E-state index is 11.9. The van der Waals surface area contributed by atoms with Crippen molar-refractivity contribution < 1.29 is 13.5 Å². The highest BCUT2D eigenvalue weighted by molar-refractivity contribution is 9.10. The molecule has 0 heterocycles. The van der Waals surface area contributed by atoms with Crippen molar-refractivity contribution in [2.45, 2.75) is 11.9 Å². The number of rotatable bonds is 3. The van der Waals surface area contributed by atoms with Crippen LogP contribution in [-0.4, -0.2) is 6.61 Å². The predicted octanol–water partition coefficient (Wildman–Crippen LogP) is 3.95. The van der Waals surface area contributed by atoms with Crippen LogP contribution < -0.4 is 4.74 Å². The largest absolute Gasteiger partial charge is 0.434 e. The molecule has 0 aromatic heterocycles. The molecule has 0 aliphatic rings. The van der Waals surface area contributed by atoms with Crippen LogP contribution in [0.2, 0.25) is 0 Å². The zero-order chi connectivity index (χ0) is 9.84. The van der Waals surface area contributed by atoms with Crippen molar-refractivity contribution in [2.75, 3.05) is 0 Å². The minimum absolute atomic E-state index is 0.196. The molecule has 0 N–H and O–H groups in total. The highest BCUT2D eigenvalue weighted by atomic mass is 79.9. The Kier molecular flexibility index (Phi) is 4.12. The van der Waals surface area contributed by atoms with Gasteiger partial charge >= 0.3 is 6.61 Å². The molecule has 0 saturated carbocycles. The fourth-order valence-electron chi connectivity index (χ4n) is 0.844. The van der Waals surface area contributed by atoms with Gasteiger partial charge in [0.1, 0.15) is 5.75 Å². The maximum absolute atomic E-state index is 11.9. The van der Waals surface area contributed by atoms with Crippen LogP contribution in [-0.2, 0) is 5.33 Å². The zero-order valence-electron chi connectivity index (χ0n) is 6.44. The van der Waals surface area contributed by atoms with Crippen LogP contribution in [0.25, 0.3) is 0 Å². The van der Waals surface area contributed by atoms with Gasteiger partial charge in [0.2, 0.25) is 0 Å². The van der Waals surface area contributed by atoms with Crippen LogP contribution in [0, 0.1) is 0 Å². The fourth-order valence-corrected chi connectivity index (χ4v) is 1.65. The molecule has 1 nitrogen and oxygen atoms in total. The van der Waals surface area contributed by atoms with E-state index >= 15 is 0 Å². The van der Waals surface area contributed by atoms with Crippen molar-refractivity contribution in [3.05, 3.63) is 28.2 Å². The van der Waals surface area contributed by atoms with E-state index in [2.05, 4.69) is 36.6 Å². The van der Waals surface area contributed by atoms with Crippen LogP contribution in [0.4, 0.5) is 8.78 Å². The van der Waals surface area contributed by atoms with E-state index in [0.29, 0.717) is 15.4 Å². The Balaban J connectivity index is 2.94. The summed E-state index contributed by atoms with van der Waals surface area (Å²) in [7, 11) is 0. The van der Waals surface area contributed by atoms with Crippen molar-refractivity contribution in [3.8, 4) is 5.75 Å². The number of halogens is 4. The lowest BCUT2D eigenvalue weighted by Gasteiger charge is -2.08. The number of hydrogen-bond donors (Lipinski definition) is 0. The van der Waals surface area contributed by atoms with Gasteiger partial charge in [0.25, 0.3) is 0 Å². The van der Waals surface area contributed by atoms with Crippen molar-refractivity contribution in [2.24, 2.45) is 0 Å². The maximum Gasteiger partial charge on any atom is 0.387 e. The summed E-state index contributed by atoms with van der Waals surface area (Å²) < 4.78 is 28.9. The average Bonchev–Trinajstić information content (AvgIpc) is 2.03. The fraction of sp³-hybridized carbons (Fsp3) is 0.250. The molecule has 5 heteroatoms. The molecule has 0 aliphatic carbocycles. The summed E-state index contributed by atoms with van der Waals surface area (Å²) in [4.78, 5) is 0. The molecule has 1 aromatic rings. The van der Waals surface area contributed by atoms with Crippen LogP contribution in [0.5, 0.6) is 5.75 Å². The Labute approximate surface area is 91.3 Å². The first-order valence-corrected chi connectivity index (χ1v) is 5.34. The summed E-state index contributed by atoms with van der Waals surface area (Å²) >= 11 is 6.36. The Morgan fingerprint density at radius 2 is 2.08 bits per heavy atom. The van der Waals surface area contributed by atoms with E-state index in [1.165, 1.54) is 6.07 Å². The van der Waals surface area contributed by atoms with E-state index in [4.69, 9.17) is 0 Å². The summed E-state index contributed by atoms with van der Waals surface area (Å²) in [5.41, 5.74) is 0.698. The highest BCUT2D eigenvalue weighted by Gasteiger charge is 2.08. The second-order valence-corrected chi connectivity index (χ2v) is 3.74. The number of hydrogen-bond acceptors (Lipinski definition) is 1. The Hall–Kier alpha value is -0.160. The molecule has 0 saturated heterocycles. The molecule has 0 fully saturated rings. The molecule has 0 amide bonds. The first-order valence-electron chi connectivity index (χ1n) is 3.42. The Morgan fingerprint density at radius 3 is 2.62 bits per heavy atom. The lowest BCUT2D eigenvalue weighted by Crippen LogP contribution is -2.03. The normalized spacial score (nSPS) is 10.5. The standard InChI is InChI=1S/C8H6Br2F2O/c9-4-5-1-2-6(10)3-7(5)13-8(11)12/h1-3,8H,4H2. The van der Waals surface area contributed by atoms with E-state index in [0.717, 1.165) is 0 Å². The van der Waals surface area contributed by atoms with E-state index in [1.807, 2.05) is 0 Å². The Bertz CT molecular complexity index is 291. The van der Waals surface area contributed by atoms with Crippen LogP contribution in [0.3, 0.4) is 0 Å². The van der Waals surface area contributed by atoms with Crippen molar-refractivity contribution in [1.82, 2.24) is 0 Å². The second-order valence-electron chi connectivity index (χ2n) is 2.26. The SMILES string of the molecule is FC(F)Oc1cc(Br)ccc1CBr. The van der Waals surface area contributed by atoms with Crippen LogP contribution >= 0.6 is 31.9 Å². The second kappa shape index (κ2) is 4.91. The molecular weight excluding hydrogens is 310 g/mol. The molecule has 0 unspecified atom stereocenters. The first kappa shape index (κ1) is 10.9. The molecule has 1 rings (SSSR count). The summed E-state index contributed by atoms with van der Waals surface area (Å²) in [6.45, 7) is -2.79. The summed E-state index contributed by atoms with van der Waals surface area (Å²) in [5, 5.41) is 0.488. The summed E-state index contributed by atoms with van der Waals surface area (Å²) in [6.07, 6.45) is 0. The van der Waals surface area contributed by atoms with Gasteiger partial charge in [-0.1, -0.05) is 37.9 Å². The summed E-state index contributed by atoms with van der Waals surface area (Å²) in [5.74, 6) is 0.196. The lowest BCUT2D eigenvalue weighted by atomic mass is 10.2. The molecule has 0 atom stereocenters. The lowest BCUT2D eigenvalue weighted by molar-refractivity contribution is -0.0503. The highest BCUT2D eigenvalue weighted by Crippen LogP contribution is 2.26. The quantitative estimate of drug-likeness (QED) is 0.768. The molecule has 72 valence electrons. The van der Waals surface area contributed by atoms with Gasteiger partial charge in [0.05, 0.1) is 0 Å². The molecular formula is C8H6Br2F2O. The van der Waals surface area contributed by atoms with Gasteiger partial charge in [-0.3, -0.25) is 0 Å². The van der Waals surface area contributed by atoms with E-state index in [-0.39, 0.29) is 5.75 Å². The van der Waals surface area contributed by atoms with E-state index in [9.17, 15) is 8.78 Å². The van der Waals surface area contributed by atoms with Crippen molar-refractivity contribution in [3.63, 3.8) is 0 Å². The molecule has 0 aliphatic heterocycles.